The van der Waals surface area contributed by atoms with Gasteiger partial charge in [-0.05, 0) is 37.4 Å². The Hall–Kier alpha value is -1.42. The number of nitrogens with two attached hydrogens (primary N) is 1. The molecule has 1 amide bonds. The van der Waals surface area contributed by atoms with Crippen LogP contribution in [0.25, 0.3) is 0 Å². The second-order valence-electron chi connectivity index (χ2n) is 5.57. The predicted molar refractivity (Wildman–Crippen MR) is 87.2 cm³/mol. The molecule has 0 spiro atoms. The molecule has 1 rings (SSSR count). The Morgan fingerprint density at radius 3 is 2.86 bits per heavy atom. The van der Waals surface area contributed by atoms with Gasteiger partial charge in [0.1, 0.15) is 11.1 Å². The highest BCUT2D eigenvalue weighted by Crippen LogP contribution is 2.22. The molecule has 0 fully saturated rings. The molecular weight excluding hydrogens is 284 g/mol. The largest absolute Gasteiger partial charge is 0.327 e. The van der Waals surface area contributed by atoms with Gasteiger partial charge in [-0.25, -0.2) is 0 Å². The molecule has 116 valence electrons. The fourth-order valence-electron chi connectivity index (χ4n) is 1.79. The van der Waals surface area contributed by atoms with E-state index in [1.165, 1.54) is 11.3 Å². The highest BCUT2D eigenvalue weighted by Gasteiger charge is 2.11. The first kappa shape index (κ1) is 17.6. The van der Waals surface area contributed by atoms with E-state index < -0.39 is 0 Å². The molecule has 1 aromatic heterocycles. The van der Waals surface area contributed by atoms with Crippen LogP contribution in [0.1, 0.15) is 32.3 Å². The summed E-state index contributed by atoms with van der Waals surface area (Å²) in [6.45, 7) is 5.80. The Labute approximate surface area is 130 Å². The van der Waals surface area contributed by atoms with E-state index in [1.807, 2.05) is 7.05 Å². The molecule has 1 aromatic rings. The molecule has 6 heteroatoms. The van der Waals surface area contributed by atoms with Gasteiger partial charge in [0.05, 0.1) is 5.56 Å². The molecule has 0 saturated heterocycles. The van der Waals surface area contributed by atoms with E-state index >= 15 is 0 Å². The van der Waals surface area contributed by atoms with E-state index in [2.05, 4.69) is 30.1 Å². The van der Waals surface area contributed by atoms with Crippen LogP contribution in [0.4, 0.5) is 5.00 Å². The average molecular weight is 308 g/mol. The van der Waals surface area contributed by atoms with Crippen molar-refractivity contribution in [2.24, 2.45) is 11.7 Å². The standard InChI is InChI=1S/C15H24N4OS/c1-11(2)13(17)4-7-19(3)8-5-14(20)18-15-12(10-16)6-9-21-15/h6,9,11,13H,4-5,7-8,17H2,1-3H3,(H,18,20). The van der Waals surface area contributed by atoms with Gasteiger partial charge in [0.2, 0.25) is 5.91 Å². The summed E-state index contributed by atoms with van der Waals surface area (Å²) in [6, 6.07) is 3.97. The number of nitriles is 1. The fourth-order valence-corrected chi connectivity index (χ4v) is 2.54. The smallest absolute Gasteiger partial charge is 0.226 e. The van der Waals surface area contributed by atoms with Crippen LogP contribution >= 0.6 is 11.3 Å². The zero-order valence-electron chi connectivity index (χ0n) is 12.9. The third-order valence-electron chi connectivity index (χ3n) is 3.46. The van der Waals surface area contributed by atoms with E-state index in [9.17, 15) is 4.79 Å². The topological polar surface area (TPSA) is 82.2 Å². The minimum absolute atomic E-state index is 0.0611. The zero-order valence-corrected chi connectivity index (χ0v) is 13.7. The molecule has 1 unspecified atom stereocenters. The molecule has 0 aliphatic rings. The lowest BCUT2D eigenvalue weighted by Gasteiger charge is -2.21. The average Bonchev–Trinajstić information content (AvgIpc) is 2.89. The zero-order chi connectivity index (χ0) is 15.8. The van der Waals surface area contributed by atoms with Gasteiger partial charge in [-0.1, -0.05) is 13.8 Å². The number of carbonyl (C=O) groups is 1. The lowest BCUT2D eigenvalue weighted by atomic mass is 10.0. The molecule has 0 radical (unpaired) electrons. The Kier molecular flexibility index (Phi) is 7.37. The lowest BCUT2D eigenvalue weighted by molar-refractivity contribution is -0.116. The molecule has 1 atom stereocenters. The van der Waals surface area contributed by atoms with Crippen LogP contribution < -0.4 is 11.1 Å². The minimum atomic E-state index is -0.0611. The first-order valence-electron chi connectivity index (χ1n) is 7.15. The summed E-state index contributed by atoms with van der Waals surface area (Å²) >= 11 is 1.37. The maximum absolute atomic E-state index is 11.9. The number of amides is 1. The Balaban J connectivity index is 2.28. The second kappa shape index (κ2) is 8.78. The molecular formula is C15H24N4OS. The van der Waals surface area contributed by atoms with E-state index in [0.29, 0.717) is 29.4 Å². The van der Waals surface area contributed by atoms with Crippen LogP contribution in [-0.4, -0.2) is 37.0 Å². The van der Waals surface area contributed by atoms with Crippen LogP contribution in [0.15, 0.2) is 11.4 Å². The number of nitrogens with zero attached hydrogens (tertiary/aromatic N) is 2. The third-order valence-corrected chi connectivity index (χ3v) is 4.29. The summed E-state index contributed by atoms with van der Waals surface area (Å²) < 4.78 is 0. The van der Waals surface area contributed by atoms with Gasteiger partial charge in [0, 0.05) is 19.0 Å². The number of hydrogen-bond acceptors (Lipinski definition) is 5. The highest BCUT2D eigenvalue weighted by molar-refractivity contribution is 7.14. The fraction of sp³-hybridized carbons (Fsp3) is 0.600. The first-order valence-corrected chi connectivity index (χ1v) is 8.03. The monoisotopic (exact) mass is 308 g/mol. The quantitative estimate of drug-likeness (QED) is 0.771. The van der Waals surface area contributed by atoms with E-state index in [-0.39, 0.29) is 11.9 Å². The molecule has 5 nitrogen and oxygen atoms in total. The van der Waals surface area contributed by atoms with Crippen LogP contribution in [0.3, 0.4) is 0 Å². The molecule has 21 heavy (non-hydrogen) atoms. The molecule has 0 aliphatic heterocycles. The van der Waals surface area contributed by atoms with Crippen molar-refractivity contribution in [2.75, 3.05) is 25.5 Å². The van der Waals surface area contributed by atoms with Gasteiger partial charge in [0.15, 0.2) is 0 Å². The van der Waals surface area contributed by atoms with Crippen molar-refractivity contribution >= 4 is 22.2 Å². The summed E-state index contributed by atoms with van der Waals surface area (Å²) in [5.74, 6) is 0.416. The summed E-state index contributed by atoms with van der Waals surface area (Å²) in [7, 11) is 1.99. The molecule has 0 saturated carbocycles. The van der Waals surface area contributed by atoms with Crippen molar-refractivity contribution in [2.45, 2.75) is 32.7 Å². The number of anilines is 1. The Bertz CT molecular complexity index is 492. The summed E-state index contributed by atoms with van der Waals surface area (Å²) in [5.41, 5.74) is 6.53. The van der Waals surface area contributed by atoms with Crippen molar-refractivity contribution in [1.29, 1.82) is 5.26 Å². The van der Waals surface area contributed by atoms with Crippen molar-refractivity contribution in [1.82, 2.24) is 4.90 Å². The number of rotatable bonds is 8. The summed E-state index contributed by atoms with van der Waals surface area (Å²) in [6.07, 6.45) is 1.34. The van der Waals surface area contributed by atoms with Crippen molar-refractivity contribution in [3.63, 3.8) is 0 Å². The maximum Gasteiger partial charge on any atom is 0.226 e. The Morgan fingerprint density at radius 1 is 1.52 bits per heavy atom. The predicted octanol–water partition coefficient (Wildman–Crippen LogP) is 2.25. The van der Waals surface area contributed by atoms with Crippen molar-refractivity contribution in [3.8, 4) is 6.07 Å². The Morgan fingerprint density at radius 2 is 2.24 bits per heavy atom. The van der Waals surface area contributed by atoms with E-state index in [4.69, 9.17) is 11.0 Å². The van der Waals surface area contributed by atoms with Gasteiger partial charge in [-0.2, -0.15) is 5.26 Å². The lowest BCUT2D eigenvalue weighted by Crippen LogP contribution is -2.33. The van der Waals surface area contributed by atoms with Gasteiger partial charge in [0.25, 0.3) is 0 Å². The number of carbonyl (C=O) groups excluding carboxylic acids is 1. The van der Waals surface area contributed by atoms with Gasteiger partial charge < -0.3 is 16.0 Å². The maximum atomic E-state index is 11.9. The van der Waals surface area contributed by atoms with Gasteiger partial charge in [-0.15, -0.1) is 11.3 Å². The third kappa shape index (κ3) is 6.25. The molecule has 3 N–H and O–H groups in total. The minimum Gasteiger partial charge on any atom is -0.327 e. The SMILES string of the molecule is CC(C)C(N)CCN(C)CCC(=O)Nc1sccc1C#N. The highest BCUT2D eigenvalue weighted by atomic mass is 32.1. The van der Waals surface area contributed by atoms with Crippen LogP contribution in [0.2, 0.25) is 0 Å². The second-order valence-corrected chi connectivity index (χ2v) is 6.49. The van der Waals surface area contributed by atoms with Crippen LogP contribution in [0, 0.1) is 17.2 Å². The number of thiophene rings is 1. The molecule has 0 aromatic carbocycles. The van der Waals surface area contributed by atoms with E-state index in [0.717, 1.165) is 13.0 Å². The molecule has 0 aliphatic carbocycles. The number of hydrogen-bond donors (Lipinski definition) is 2. The first-order chi connectivity index (χ1) is 9.93. The van der Waals surface area contributed by atoms with Crippen LogP contribution in [-0.2, 0) is 4.79 Å². The van der Waals surface area contributed by atoms with Crippen molar-refractivity contribution in [3.05, 3.63) is 17.0 Å². The molecule has 0 bridgehead atoms. The normalized spacial score (nSPS) is 12.4. The molecule has 1 heterocycles. The number of nitrogens with one attached hydrogen (secondary N) is 1. The summed E-state index contributed by atoms with van der Waals surface area (Å²) in [4.78, 5) is 14.0. The van der Waals surface area contributed by atoms with Crippen LogP contribution in [0.5, 0.6) is 0 Å². The van der Waals surface area contributed by atoms with Gasteiger partial charge in [-0.3, -0.25) is 4.79 Å². The van der Waals surface area contributed by atoms with Crippen molar-refractivity contribution < 1.29 is 4.79 Å². The van der Waals surface area contributed by atoms with Gasteiger partial charge >= 0.3 is 0 Å². The summed E-state index contributed by atoms with van der Waals surface area (Å²) in [5, 5.41) is 14.1. The van der Waals surface area contributed by atoms with E-state index in [1.54, 1.807) is 11.4 Å².